The van der Waals surface area contributed by atoms with Crippen LogP contribution in [0.2, 0.25) is 0 Å². The van der Waals surface area contributed by atoms with Gasteiger partial charge in [0.1, 0.15) is 0 Å². The van der Waals surface area contributed by atoms with Crippen molar-refractivity contribution < 1.29 is 9.59 Å². The van der Waals surface area contributed by atoms with E-state index >= 15 is 0 Å². The standard InChI is InChI=1S/C35H34N6O2S2/c1-38(26-13-5-3-6-14-26)34-36-28-17-9-11-19-30(28)40(34)32(42)21-23-44-25-45-24-22-33(43)41-31-20-12-10-18-29(31)37-35(41)39(2)27-15-7-4-8-16-27/h3-20H,21-25H2,1-2H3. The highest BCUT2D eigenvalue weighted by Crippen LogP contribution is 2.29. The second-order valence-corrected chi connectivity index (χ2v) is 13.1. The van der Waals surface area contributed by atoms with Crippen molar-refractivity contribution in [2.45, 2.75) is 12.8 Å². The summed E-state index contributed by atoms with van der Waals surface area (Å²) in [5.74, 6) is 2.59. The summed E-state index contributed by atoms with van der Waals surface area (Å²) < 4.78 is 3.46. The molecule has 10 heteroatoms. The molecule has 0 atom stereocenters. The molecule has 6 rings (SSSR count). The van der Waals surface area contributed by atoms with Gasteiger partial charge in [-0.3, -0.25) is 9.59 Å². The first kappa shape index (κ1) is 30.5. The largest absolute Gasteiger partial charge is 0.315 e. The Balaban J connectivity index is 1.04. The Morgan fingerprint density at radius 3 is 1.38 bits per heavy atom. The number of hydrogen-bond donors (Lipinski definition) is 0. The average Bonchev–Trinajstić information content (AvgIpc) is 3.67. The molecule has 6 aromatic rings. The minimum absolute atomic E-state index is 0.0104. The van der Waals surface area contributed by atoms with Gasteiger partial charge in [-0.15, -0.1) is 0 Å². The monoisotopic (exact) mass is 634 g/mol. The number of fused-ring (bicyclic) bond motifs is 2. The highest BCUT2D eigenvalue weighted by atomic mass is 32.2. The highest BCUT2D eigenvalue weighted by Gasteiger charge is 2.22. The Kier molecular flexibility index (Phi) is 9.52. The van der Waals surface area contributed by atoms with Crippen molar-refractivity contribution in [2.75, 3.05) is 40.5 Å². The quantitative estimate of drug-likeness (QED) is 0.0987. The van der Waals surface area contributed by atoms with Crippen molar-refractivity contribution in [3.8, 4) is 0 Å². The molecule has 0 unspecified atom stereocenters. The molecule has 0 aliphatic heterocycles. The number of anilines is 4. The van der Waals surface area contributed by atoms with E-state index in [2.05, 4.69) is 0 Å². The molecule has 2 aromatic heterocycles. The summed E-state index contributed by atoms with van der Waals surface area (Å²) in [5.41, 5.74) is 5.12. The Hall–Kier alpha value is -4.54. The van der Waals surface area contributed by atoms with Crippen LogP contribution in [-0.4, -0.2) is 61.6 Å². The van der Waals surface area contributed by atoms with Crippen LogP contribution in [0.15, 0.2) is 109 Å². The number of nitrogens with zero attached hydrogens (tertiary/aromatic N) is 6. The van der Waals surface area contributed by atoms with E-state index in [0.29, 0.717) is 36.2 Å². The summed E-state index contributed by atoms with van der Waals surface area (Å²) in [5, 5.41) is 0.795. The van der Waals surface area contributed by atoms with Gasteiger partial charge in [0.05, 0.1) is 22.1 Å². The number of carbonyl (C=O) groups is 2. The zero-order chi connectivity index (χ0) is 31.2. The molecule has 45 heavy (non-hydrogen) atoms. The fourth-order valence-electron chi connectivity index (χ4n) is 5.22. The van der Waals surface area contributed by atoms with Crippen LogP contribution in [0.1, 0.15) is 22.4 Å². The van der Waals surface area contributed by atoms with Crippen LogP contribution in [-0.2, 0) is 0 Å². The smallest absolute Gasteiger partial charge is 0.234 e. The molecule has 228 valence electrons. The van der Waals surface area contributed by atoms with E-state index in [1.54, 1.807) is 32.7 Å². The van der Waals surface area contributed by atoms with Crippen LogP contribution < -0.4 is 9.80 Å². The molecule has 0 saturated carbocycles. The van der Waals surface area contributed by atoms with Crippen molar-refractivity contribution in [2.24, 2.45) is 0 Å². The molecule has 0 fully saturated rings. The molecule has 0 saturated heterocycles. The molecule has 0 aliphatic carbocycles. The molecule has 0 radical (unpaired) electrons. The molecule has 0 aliphatic rings. The van der Waals surface area contributed by atoms with E-state index in [0.717, 1.165) is 38.5 Å². The number of imidazole rings is 2. The fourth-order valence-corrected chi connectivity index (χ4v) is 7.27. The van der Waals surface area contributed by atoms with Gasteiger partial charge in [0.15, 0.2) is 0 Å². The Morgan fingerprint density at radius 2 is 0.956 bits per heavy atom. The van der Waals surface area contributed by atoms with Crippen LogP contribution >= 0.6 is 23.5 Å². The van der Waals surface area contributed by atoms with Crippen molar-refractivity contribution in [3.63, 3.8) is 0 Å². The highest BCUT2D eigenvalue weighted by molar-refractivity contribution is 8.15. The number of rotatable bonds is 12. The first-order chi connectivity index (χ1) is 22.0. The SMILES string of the molecule is CN(c1ccccc1)c1nc2ccccc2n1C(=O)CCSCSCCC(=O)n1c(N(C)c2ccccc2)nc2ccccc21. The van der Waals surface area contributed by atoms with Gasteiger partial charge in [-0.05, 0) is 48.5 Å². The topological polar surface area (TPSA) is 76.3 Å². The van der Waals surface area contributed by atoms with Crippen molar-refractivity contribution >= 4 is 80.7 Å². The lowest BCUT2D eigenvalue weighted by atomic mass is 10.3. The van der Waals surface area contributed by atoms with Crippen LogP contribution in [0.25, 0.3) is 22.1 Å². The van der Waals surface area contributed by atoms with Crippen LogP contribution in [0.4, 0.5) is 23.3 Å². The Morgan fingerprint density at radius 1 is 0.578 bits per heavy atom. The van der Waals surface area contributed by atoms with E-state index in [-0.39, 0.29) is 11.8 Å². The zero-order valence-electron chi connectivity index (χ0n) is 25.2. The van der Waals surface area contributed by atoms with E-state index in [9.17, 15) is 9.59 Å². The molecule has 0 amide bonds. The van der Waals surface area contributed by atoms with E-state index < -0.39 is 0 Å². The third kappa shape index (κ3) is 6.62. The molecule has 8 nitrogen and oxygen atoms in total. The van der Waals surface area contributed by atoms with Crippen molar-refractivity contribution in [1.82, 2.24) is 19.1 Å². The molecule has 0 bridgehead atoms. The Labute approximate surface area is 271 Å². The third-order valence-corrected chi connectivity index (χ3v) is 9.88. The molecule has 0 N–H and O–H groups in total. The van der Waals surface area contributed by atoms with Gasteiger partial charge >= 0.3 is 0 Å². The molecule has 2 heterocycles. The first-order valence-corrected chi connectivity index (χ1v) is 17.1. The van der Waals surface area contributed by atoms with Gasteiger partial charge in [-0.2, -0.15) is 23.5 Å². The first-order valence-electron chi connectivity index (χ1n) is 14.8. The minimum Gasteiger partial charge on any atom is -0.315 e. The zero-order valence-corrected chi connectivity index (χ0v) is 26.9. The van der Waals surface area contributed by atoms with E-state index in [1.165, 1.54) is 0 Å². The number of benzene rings is 4. The Bertz CT molecular complexity index is 1780. The lowest BCUT2D eigenvalue weighted by Gasteiger charge is -2.19. The normalized spacial score (nSPS) is 11.2. The molecular formula is C35H34N6O2S2. The molecule has 4 aromatic carbocycles. The lowest BCUT2D eigenvalue weighted by Crippen LogP contribution is -2.20. The fraction of sp³-hybridized carbons (Fsp3) is 0.200. The maximum atomic E-state index is 13.5. The van der Waals surface area contributed by atoms with Gasteiger partial charge < -0.3 is 9.80 Å². The average molecular weight is 635 g/mol. The van der Waals surface area contributed by atoms with E-state index in [4.69, 9.17) is 9.97 Å². The summed E-state index contributed by atoms with van der Waals surface area (Å²) in [7, 11) is 3.87. The van der Waals surface area contributed by atoms with Crippen LogP contribution in [0, 0.1) is 0 Å². The van der Waals surface area contributed by atoms with Gasteiger partial charge in [0, 0.05) is 54.9 Å². The maximum Gasteiger partial charge on any atom is 0.234 e. The third-order valence-electron chi connectivity index (χ3n) is 7.56. The maximum absolute atomic E-state index is 13.5. The predicted octanol–water partition coefficient (Wildman–Crippen LogP) is 8.11. The predicted molar refractivity (Wildman–Crippen MR) is 189 cm³/mol. The number of carbonyl (C=O) groups excluding carboxylic acids is 2. The number of aromatic nitrogens is 4. The van der Waals surface area contributed by atoms with Crippen molar-refractivity contribution in [3.05, 3.63) is 109 Å². The second kappa shape index (κ2) is 14.0. The summed E-state index contributed by atoms with van der Waals surface area (Å²) in [6.45, 7) is 0. The van der Waals surface area contributed by atoms with Crippen LogP contribution in [0.5, 0.6) is 0 Å². The summed E-state index contributed by atoms with van der Waals surface area (Å²) in [6.07, 6.45) is 0.771. The van der Waals surface area contributed by atoms with Gasteiger partial charge in [-0.1, -0.05) is 60.7 Å². The minimum atomic E-state index is 0.0104. The summed E-state index contributed by atoms with van der Waals surface area (Å²) >= 11 is 3.42. The lowest BCUT2D eigenvalue weighted by molar-refractivity contribution is 0.0908. The van der Waals surface area contributed by atoms with Gasteiger partial charge in [0.2, 0.25) is 23.7 Å². The summed E-state index contributed by atoms with van der Waals surface area (Å²) in [6, 6.07) is 35.3. The van der Waals surface area contributed by atoms with E-state index in [1.807, 2.05) is 133 Å². The van der Waals surface area contributed by atoms with Crippen molar-refractivity contribution in [1.29, 1.82) is 0 Å². The van der Waals surface area contributed by atoms with Gasteiger partial charge in [-0.25, -0.2) is 19.1 Å². The summed E-state index contributed by atoms with van der Waals surface area (Å²) in [4.78, 5) is 40.5. The van der Waals surface area contributed by atoms with Gasteiger partial charge in [0.25, 0.3) is 0 Å². The molecular weight excluding hydrogens is 601 g/mol. The number of thioether (sulfide) groups is 2. The second-order valence-electron chi connectivity index (χ2n) is 10.5. The number of hydrogen-bond acceptors (Lipinski definition) is 8. The van der Waals surface area contributed by atoms with Crippen LogP contribution in [0.3, 0.4) is 0 Å². The number of para-hydroxylation sites is 6. The molecule has 0 spiro atoms.